The van der Waals surface area contributed by atoms with E-state index in [4.69, 9.17) is 4.74 Å². The second-order valence-electron chi connectivity index (χ2n) is 5.15. The highest BCUT2D eigenvalue weighted by Gasteiger charge is 2.37. The summed E-state index contributed by atoms with van der Waals surface area (Å²) in [6.45, 7) is 0.880. The van der Waals surface area contributed by atoms with Crippen LogP contribution in [0, 0.1) is 5.92 Å². The molecule has 0 N–H and O–H groups in total. The number of ether oxygens (including phenoxy) is 1. The molecule has 3 nitrogen and oxygen atoms in total. The molecule has 2 atom stereocenters. The molecule has 0 aromatic carbocycles. The summed E-state index contributed by atoms with van der Waals surface area (Å²) in [6, 6.07) is 0. The van der Waals surface area contributed by atoms with Gasteiger partial charge in [0.2, 0.25) is 0 Å². The summed E-state index contributed by atoms with van der Waals surface area (Å²) in [5, 5.41) is 0. The van der Waals surface area contributed by atoms with E-state index < -0.39 is 0 Å². The van der Waals surface area contributed by atoms with E-state index in [1.54, 1.807) is 0 Å². The second-order valence-corrected chi connectivity index (χ2v) is 5.15. The summed E-state index contributed by atoms with van der Waals surface area (Å²) in [4.78, 5) is 14.0. The van der Waals surface area contributed by atoms with Crippen LogP contribution >= 0.6 is 0 Å². The van der Waals surface area contributed by atoms with Crippen LogP contribution in [0.5, 0.6) is 0 Å². The topological polar surface area (TPSA) is 29.5 Å². The highest BCUT2D eigenvalue weighted by Crippen LogP contribution is 2.36. The third-order valence-electron chi connectivity index (χ3n) is 3.55. The molecule has 0 aromatic rings. The molecule has 0 radical (unpaired) electrons. The molecular weight excluding hydrogens is 190 g/mol. The highest BCUT2D eigenvalue weighted by atomic mass is 16.5. The fraction of sp³-hybridized carbons (Fsp3) is 0.917. The van der Waals surface area contributed by atoms with E-state index >= 15 is 0 Å². The van der Waals surface area contributed by atoms with Crippen molar-refractivity contribution in [2.45, 2.75) is 44.3 Å². The predicted octanol–water partition coefficient (Wildman–Crippen LogP) is 1.46. The lowest BCUT2D eigenvalue weighted by atomic mass is 9.90. The quantitative estimate of drug-likeness (QED) is 0.705. The van der Waals surface area contributed by atoms with E-state index in [1.165, 1.54) is 12.8 Å². The third kappa shape index (κ3) is 2.79. The maximum absolute atomic E-state index is 11.9. The standard InChI is InChI=1S/C12H21NO2/c1-13(2)6-5-12(14)9-7-10-3-4-11(8-9)15-10/h9-11H,3-8H2,1-2H3. The van der Waals surface area contributed by atoms with Crippen molar-refractivity contribution in [3.05, 3.63) is 0 Å². The van der Waals surface area contributed by atoms with E-state index in [1.807, 2.05) is 14.1 Å². The van der Waals surface area contributed by atoms with Crippen LogP contribution in [0.2, 0.25) is 0 Å². The normalized spacial score (nSPS) is 34.7. The van der Waals surface area contributed by atoms with Crippen molar-refractivity contribution in [3.8, 4) is 0 Å². The number of nitrogens with zero attached hydrogens (tertiary/aromatic N) is 1. The molecule has 0 amide bonds. The number of ketones is 1. The van der Waals surface area contributed by atoms with Crippen LogP contribution in [0.25, 0.3) is 0 Å². The van der Waals surface area contributed by atoms with E-state index in [-0.39, 0.29) is 5.92 Å². The number of carbonyl (C=O) groups is 1. The van der Waals surface area contributed by atoms with Crippen molar-refractivity contribution < 1.29 is 9.53 Å². The molecule has 2 unspecified atom stereocenters. The van der Waals surface area contributed by atoms with Crippen molar-refractivity contribution in [2.24, 2.45) is 5.92 Å². The maximum atomic E-state index is 11.9. The number of carbonyl (C=O) groups excluding carboxylic acids is 1. The Labute approximate surface area is 91.8 Å². The third-order valence-corrected chi connectivity index (χ3v) is 3.55. The van der Waals surface area contributed by atoms with Gasteiger partial charge in [-0.15, -0.1) is 0 Å². The predicted molar refractivity (Wildman–Crippen MR) is 58.8 cm³/mol. The van der Waals surface area contributed by atoms with E-state index in [9.17, 15) is 4.79 Å². The fourth-order valence-electron chi connectivity index (χ4n) is 2.66. The van der Waals surface area contributed by atoms with Crippen LogP contribution in [-0.2, 0) is 9.53 Å². The van der Waals surface area contributed by atoms with Crippen molar-refractivity contribution in [1.29, 1.82) is 0 Å². The zero-order valence-corrected chi connectivity index (χ0v) is 9.74. The number of fused-ring (bicyclic) bond motifs is 2. The Kier molecular flexibility index (Phi) is 3.42. The molecule has 2 aliphatic rings. The van der Waals surface area contributed by atoms with Crippen molar-refractivity contribution >= 4 is 5.78 Å². The van der Waals surface area contributed by atoms with Crippen molar-refractivity contribution in [1.82, 2.24) is 4.90 Å². The molecule has 2 bridgehead atoms. The van der Waals surface area contributed by atoms with E-state index in [0.29, 0.717) is 24.4 Å². The first-order chi connectivity index (χ1) is 7.15. The van der Waals surface area contributed by atoms with Crippen LogP contribution in [0.4, 0.5) is 0 Å². The Morgan fingerprint density at radius 3 is 2.40 bits per heavy atom. The largest absolute Gasteiger partial charge is 0.375 e. The number of hydrogen-bond acceptors (Lipinski definition) is 3. The van der Waals surface area contributed by atoms with Gasteiger partial charge >= 0.3 is 0 Å². The molecule has 0 spiro atoms. The molecule has 2 saturated heterocycles. The first-order valence-corrected chi connectivity index (χ1v) is 5.98. The highest BCUT2D eigenvalue weighted by molar-refractivity contribution is 5.81. The van der Waals surface area contributed by atoms with Crippen LogP contribution < -0.4 is 0 Å². The van der Waals surface area contributed by atoms with E-state index in [0.717, 1.165) is 19.4 Å². The van der Waals surface area contributed by atoms with Crippen molar-refractivity contribution in [3.63, 3.8) is 0 Å². The molecule has 3 heteroatoms. The first-order valence-electron chi connectivity index (χ1n) is 5.98. The number of Topliss-reactive ketones (excluding diaryl/α,β-unsaturated/α-hetero) is 1. The number of rotatable bonds is 4. The molecule has 2 rings (SSSR count). The van der Waals surface area contributed by atoms with Crippen LogP contribution in [0.15, 0.2) is 0 Å². The smallest absolute Gasteiger partial charge is 0.137 e. The molecule has 2 heterocycles. The average molecular weight is 211 g/mol. The monoisotopic (exact) mass is 211 g/mol. The zero-order chi connectivity index (χ0) is 10.8. The van der Waals surface area contributed by atoms with Crippen molar-refractivity contribution in [2.75, 3.05) is 20.6 Å². The summed E-state index contributed by atoms with van der Waals surface area (Å²) in [7, 11) is 4.03. The summed E-state index contributed by atoms with van der Waals surface area (Å²) in [5.41, 5.74) is 0. The molecule has 2 fully saturated rings. The second kappa shape index (κ2) is 4.62. The first kappa shape index (κ1) is 11.1. The lowest BCUT2D eigenvalue weighted by Gasteiger charge is -2.27. The minimum Gasteiger partial charge on any atom is -0.375 e. The van der Waals surface area contributed by atoms with Gasteiger partial charge < -0.3 is 9.64 Å². The molecule has 0 aromatic heterocycles. The minimum atomic E-state index is 0.288. The Balaban J connectivity index is 1.81. The Morgan fingerprint density at radius 1 is 1.27 bits per heavy atom. The molecule has 2 aliphatic heterocycles. The summed E-state index contributed by atoms with van der Waals surface area (Å²) in [6.07, 6.45) is 5.77. The summed E-state index contributed by atoms with van der Waals surface area (Å²) in [5.74, 6) is 0.736. The molecule has 86 valence electrons. The van der Waals surface area contributed by atoms with E-state index in [2.05, 4.69) is 4.90 Å². The van der Waals surface area contributed by atoms with Gasteiger partial charge in [-0.05, 0) is 39.8 Å². The Morgan fingerprint density at radius 2 is 1.87 bits per heavy atom. The molecule has 0 saturated carbocycles. The summed E-state index contributed by atoms with van der Waals surface area (Å²) >= 11 is 0. The molecule has 15 heavy (non-hydrogen) atoms. The Hall–Kier alpha value is -0.410. The summed E-state index contributed by atoms with van der Waals surface area (Å²) < 4.78 is 5.74. The van der Waals surface area contributed by atoms with Gasteiger partial charge in [-0.2, -0.15) is 0 Å². The fourth-order valence-corrected chi connectivity index (χ4v) is 2.66. The van der Waals surface area contributed by atoms with Gasteiger partial charge in [-0.3, -0.25) is 4.79 Å². The lowest BCUT2D eigenvalue weighted by molar-refractivity contribution is -0.128. The van der Waals surface area contributed by atoms with Gasteiger partial charge in [0, 0.05) is 18.9 Å². The molecular formula is C12H21NO2. The molecule has 0 aliphatic carbocycles. The van der Waals surface area contributed by atoms with Gasteiger partial charge in [0.1, 0.15) is 5.78 Å². The van der Waals surface area contributed by atoms with Gasteiger partial charge in [0.05, 0.1) is 12.2 Å². The maximum Gasteiger partial charge on any atom is 0.137 e. The van der Waals surface area contributed by atoms with Crippen LogP contribution in [0.3, 0.4) is 0 Å². The minimum absolute atomic E-state index is 0.288. The SMILES string of the molecule is CN(C)CCC(=O)C1CC2CCC(C1)O2. The Bertz CT molecular complexity index is 228. The lowest BCUT2D eigenvalue weighted by Crippen LogP contribution is -2.31. The van der Waals surface area contributed by atoms with Crippen LogP contribution in [0.1, 0.15) is 32.1 Å². The van der Waals surface area contributed by atoms with Crippen LogP contribution in [-0.4, -0.2) is 43.5 Å². The van der Waals surface area contributed by atoms with Gasteiger partial charge in [-0.1, -0.05) is 0 Å². The average Bonchev–Trinajstić information content (AvgIpc) is 2.54. The van der Waals surface area contributed by atoms with Gasteiger partial charge in [0.25, 0.3) is 0 Å². The van der Waals surface area contributed by atoms with Gasteiger partial charge in [0.15, 0.2) is 0 Å². The van der Waals surface area contributed by atoms with Gasteiger partial charge in [-0.25, -0.2) is 0 Å². The zero-order valence-electron chi connectivity index (χ0n) is 9.74. The number of hydrogen-bond donors (Lipinski definition) is 0.